The Hall–Kier alpha value is -1.64. The van der Waals surface area contributed by atoms with Crippen LogP contribution in [-0.4, -0.2) is 99.2 Å². The maximum absolute atomic E-state index is 12.0. The van der Waals surface area contributed by atoms with Crippen LogP contribution in [0, 0.1) is 0 Å². The van der Waals surface area contributed by atoms with Gasteiger partial charge in [-0.05, 0) is 24.3 Å². The summed E-state index contributed by atoms with van der Waals surface area (Å²) in [5, 5.41) is 5.59. The highest BCUT2D eigenvalue weighted by Crippen LogP contribution is 2.17. The van der Waals surface area contributed by atoms with Crippen molar-refractivity contribution in [2.75, 3.05) is 66.6 Å². The van der Waals surface area contributed by atoms with E-state index in [1.807, 2.05) is 0 Å². The maximum atomic E-state index is 12.0. The Bertz CT molecular complexity index is 614. The molecule has 2 aliphatic heterocycles. The fourth-order valence-electron chi connectivity index (χ4n) is 3.48. The second-order valence-corrected chi connectivity index (χ2v) is 8.25. The first kappa shape index (κ1) is 20.1. The van der Waals surface area contributed by atoms with E-state index < -0.39 is 0 Å². The van der Waals surface area contributed by atoms with Crippen LogP contribution in [0.2, 0.25) is 0 Å². The summed E-state index contributed by atoms with van der Waals surface area (Å²) in [4.78, 5) is 24.4. The number of likely N-dealkylation sites (tertiary alicyclic amines) is 1. The number of nitrogens with one attached hydrogen (secondary N) is 1. The third-order valence-electron chi connectivity index (χ3n) is 5.12. The molecular formula is C19H31N5O2S. The number of rotatable bonds is 6. The molecule has 7 nitrogen and oxygen atoms in total. The summed E-state index contributed by atoms with van der Waals surface area (Å²) in [6.07, 6.45) is 2.10. The number of ether oxygens (including phenoxy) is 1. The Morgan fingerprint density at radius 3 is 2.89 bits per heavy atom. The molecule has 2 aliphatic rings. The number of hydrogen-bond acceptors (Lipinski definition) is 5. The molecule has 1 unspecified atom stereocenters. The molecule has 1 atom stereocenters. The summed E-state index contributed by atoms with van der Waals surface area (Å²) in [6.45, 7) is 6.62. The first-order valence-corrected chi connectivity index (χ1v) is 10.6. The number of amides is 1. The van der Waals surface area contributed by atoms with Gasteiger partial charge >= 0.3 is 0 Å². The monoisotopic (exact) mass is 393 g/mol. The molecule has 2 saturated heterocycles. The van der Waals surface area contributed by atoms with E-state index in [0.717, 1.165) is 64.7 Å². The number of thiophene rings is 1. The Labute approximate surface area is 166 Å². The van der Waals surface area contributed by atoms with Crippen molar-refractivity contribution in [3.05, 3.63) is 22.4 Å². The minimum absolute atomic E-state index is 0.0245. The van der Waals surface area contributed by atoms with Crippen LogP contribution in [0.5, 0.6) is 0 Å². The number of carbonyl (C=O) groups excluding carboxylic acids is 1. The molecule has 0 spiro atoms. The summed E-state index contributed by atoms with van der Waals surface area (Å²) in [7, 11) is 3.54. The van der Waals surface area contributed by atoms with Gasteiger partial charge in [-0.1, -0.05) is 6.07 Å². The maximum Gasteiger partial charge on any atom is 0.243 e. The van der Waals surface area contributed by atoms with Crippen molar-refractivity contribution in [2.24, 2.45) is 4.99 Å². The van der Waals surface area contributed by atoms with Gasteiger partial charge in [-0.25, -0.2) is 4.99 Å². The second-order valence-electron chi connectivity index (χ2n) is 7.22. The van der Waals surface area contributed by atoms with Gasteiger partial charge in [0, 0.05) is 57.7 Å². The zero-order chi connectivity index (χ0) is 19.1. The molecular weight excluding hydrogens is 362 g/mol. The molecule has 1 N–H and O–H groups in total. The zero-order valence-corrected chi connectivity index (χ0v) is 17.2. The average molecular weight is 394 g/mol. The van der Waals surface area contributed by atoms with Crippen molar-refractivity contribution in [1.82, 2.24) is 20.0 Å². The van der Waals surface area contributed by atoms with Crippen molar-refractivity contribution in [2.45, 2.75) is 18.9 Å². The fourth-order valence-corrected chi connectivity index (χ4v) is 4.19. The number of hydrogen-bond donors (Lipinski definition) is 1. The summed E-state index contributed by atoms with van der Waals surface area (Å²) in [5.74, 6) is 0.883. The van der Waals surface area contributed by atoms with E-state index in [1.54, 1.807) is 30.3 Å². The van der Waals surface area contributed by atoms with Crippen LogP contribution in [0.1, 0.15) is 11.3 Å². The Morgan fingerprint density at radius 1 is 1.37 bits per heavy atom. The first-order valence-electron chi connectivity index (χ1n) is 9.71. The molecule has 3 rings (SSSR count). The lowest BCUT2D eigenvalue weighted by Gasteiger charge is -2.32. The number of guanidine groups is 1. The molecule has 1 amide bonds. The van der Waals surface area contributed by atoms with Gasteiger partial charge in [0.25, 0.3) is 0 Å². The molecule has 3 heterocycles. The van der Waals surface area contributed by atoms with E-state index in [-0.39, 0.29) is 12.5 Å². The highest BCUT2D eigenvalue weighted by molar-refractivity contribution is 7.09. The first-order chi connectivity index (χ1) is 13.1. The van der Waals surface area contributed by atoms with E-state index in [9.17, 15) is 4.79 Å². The molecule has 1 aromatic rings. The summed E-state index contributed by atoms with van der Waals surface area (Å²) < 4.78 is 5.48. The predicted octanol–water partition coefficient (Wildman–Crippen LogP) is 0.731. The van der Waals surface area contributed by atoms with Gasteiger partial charge in [0.1, 0.15) is 6.54 Å². The zero-order valence-electron chi connectivity index (χ0n) is 16.4. The largest absolute Gasteiger partial charge is 0.379 e. The van der Waals surface area contributed by atoms with Crippen molar-refractivity contribution < 1.29 is 9.53 Å². The lowest BCUT2D eigenvalue weighted by molar-refractivity contribution is -0.127. The number of nitrogens with zero attached hydrogens (tertiary/aromatic N) is 4. The van der Waals surface area contributed by atoms with E-state index in [2.05, 4.69) is 37.6 Å². The Morgan fingerprint density at radius 2 is 2.19 bits per heavy atom. The fraction of sp³-hybridized carbons (Fsp3) is 0.684. The highest BCUT2D eigenvalue weighted by Gasteiger charge is 2.30. The lowest BCUT2D eigenvalue weighted by atomic mass is 10.2. The molecule has 0 aliphatic carbocycles. The molecule has 0 radical (unpaired) electrons. The van der Waals surface area contributed by atoms with Crippen molar-refractivity contribution in [3.63, 3.8) is 0 Å². The summed E-state index contributed by atoms with van der Waals surface area (Å²) in [5.41, 5.74) is 0. The summed E-state index contributed by atoms with van der Waals surface area (Å²) in [6, 6.07) is 4.78. The Kier molecular flexibility index (Phi) is 7.49. The molecule has 1 aromatic heterocycles. The standard InChI is InChI=1S/C19H31N5O2S/c1-22(2)18(25)14-21-19(20-7-5-17-4-3-13-27-17)24-8-6-16(15-24)23-9-11-26-12-10-23/h3-4,13,16H,5-12,14-15H2,1-2H3,(H,20,21). The van der Waals surface area contributed by atoms with Gasteiger partial charge in [0.2, 0.25) is 5.91 Å². The van der Waals surface area contributed by atoms with Crippen LogP contribution in [0.3, 0.4) is 0 Å². The quantitative estimate of drug-likeness (QED) is 0.570. The minimum atomic E-state index is 0.0245. The smallest absolute Gasteiger partial charge is 0.243 e. The summed E-state index contributed by atoms with van der Waals surface area (Å²) >= 11 is 1.78. The third-order valence-corrected chi connectivity index (χ3v) is 6.06. The van der Waals surface area contributed by atoms with Gasteiger partial charge in [0.05, 0.1) is 13.2 Å². The molecule has 0 saturated carbocycles. The van der Waals surface area contributed by atoms with Crippen LogP contribution in [-0.2, 0) is 16.0 Å². The van der Waals surface area contributed by atoms with E-state index in [0.29, 0.717) is 6.04 Å². The van der Waals surface area contributed by atoms with Crippen molar-refractivity contribution in [1.29, 1.82) is 0 Å². The van der Waals surface area contributed by atoms with E-state index in [1.165, 1.54) is 4.88 Å². The van der Waals surface area contributed by atoms with Crippen LogP contribution in [0.15, 0.2) is 22.5 Å². The van der Waals surface area contributed by atoms with E-state index in [4.69, 9.17) is 4.74 Å². The molecule has 27 heavy (non-hydrogen) atoms. The highest BCUT2D eigenvalue weighted by atomic mass is 32.1. The van der Waals surface area contributed by atoms with Gasteiger partial charge < -0.3 is 19.9 Å². The molecule has 0 aromatic carbocycles. The van der Waals surface area contributed by atoms with Crippen LogP contribution in [0.4, 0.5) is 0 Å². The normalized spacial score (nSPS) is 21.5. The third kappa shape index (κ3) is 5.92. The predicted molar refractivity (Wildman–Crippen MR) is 109 cm³/mol. The molecule has 2 fully saturated rings. The number of aliphatic imine (C=N–C) groups is 1. The van der Waals surface area contributed by atoms with Gasteiger partial charge in [0.15, 0.2) is 5.96 Å². The van der Waals surface area contributed by atoms with Crippen molar-refractivity contribution in [3.8, 4) is 0 Å². The second kappa shape index (κ2) is 10.1. The Balaban J connectivity index is 1.58. The average Bonchev–Trinajstić information content (AvgIpc) is 3.37. The van der Waals surface area contributed by atoms with Crippen LogP contribution in [0.25, 0.3) is 0 Å². The molecule has 8 heteroatoms. The number of carbonyl (C=O) groups is 1. The van der Waals surface area contributed by atoms with Crippen LogP contribution < -0.4 is 5.32 Å². The van der Waals surface area contributed by atoms with Gasteiger partial charge in [-0.3, -0.25) is 9.69 Å². The topological polar surface area (TPSA) is 60.4 Å². The molecule has 0 bridgehead atoms. The molecule has 150 valence electrons. The van der Waals surface area contributed by atoms with E-state index >= 15 is 0 Å². The number of morpholine rings is 1. The minimum Gasteiger partial charge on any atom is -0.379 e. The number of likely N-dealkylation sites (N-methyl/N-ethyl adjacent to an activating group) is 1. The van der Waals surface area contributed by atoms with Crippen LogP contribution >= 0.6 is 11.3 Å². The van der Waals surface area contributed by atoms with Gasteiger partial charge in [-0.2, -0.15) is 0 Å². The SMILES string of the molecule is CN(C)C(=O)CN=C(NCCc1cccs1)N1CCC(N2CCOCC2)C1. The van der Waals surface area contributed by atoms with Gasteiger partial charge in [-0.15, -0.1) is 11.3 Å². The van der Waals surface area contributed by atoms with Crippen molar-refractivity contribution >= 4 is 23.2 Å². The lowest BCUT2D eigenvalue weighted by Crippen LogP contribution is -2.47.